The summed E-state index contributed by atoms with van der Waals surface area (Å²) >= 11 is 0. The Morgan fingerprint density at radius 1 is 1.21 bits per heavy atom. The Kier molecular flexibility index (Phi) is 4.17. The maximum absolute atomic E-state index is 13.3. The van der Waals surface area contributed by atoms with Gasteiger partial charge in [0.1, 0.15) is 11.4 Å². The van der Waals surface area contributed by atoms with Crippen molar-refractivity contribution in [2.75, 3.05) is 18.6 Å². The number of hydrogen-bond donors (Lipinski definition) is 1. The van der Waals surface area contributed by atoms with Crippen molar-refractivity contribution in [2.45, 2.75) is 18.2 Å². The molecule has 3 aliphatic heterocycles. The van der Waals surface area contributed by atoms with Crippen LogP contribution in [0.2, 0.25) is 0 Å². The van der Waals surface area contributed by atoms with Crippen molar-refractivity contribution >= 4 is 17.5 Å². The third-order valence-corrected chi connectivity index (χ3v) is 6.10. The van der Waals surface area contributed by atoms with Crippen LogP contribution in [-0.2, 0) is 20.9 Å². The van der Waals surface area contributed by atoms with Crippen molar-refractivity contribution in [3.8, 4) is 5.75 Å². The zero-order valence-corrected chi connectivity index (χ0v) is 16.1. The Morgan fingerprint density at radius 3 is 2.69 bits per heavy atom. The second kappa shape index (κ2) is 6.74. The van der Waals surface area contributed by atoms with Crippen molar-refractivity contribution in [1.82, 2.24) is 5.32 Å². The van der Waals surface area contributed by atoms with Crippen LogP contribution in [0.4, 0.5) is 5.69 Å². The fraction of sp³-hybridized carbons (Fsp3) is 0.304. The molecular weight excluding hydrogens is 368 g/mol. The van der Waals surface area contributed by atoms with Crippen LogP contribution in [0.15, 0.2) is 66.7 Å². The van der Waals surface area contributed by atoms with Gasteiger partial charge >= 0.3 is 0 Å². The van der Waals surface area contributed by atoms with E-state index in [4.69, 9.17) is 9.47 Å². The molecule has 4 atom stereocenters. The topological polar surface area (TPSA) is 67.9 Å². The maximum Gasteiger partial charge on any atom is 0.234 e. The number of nitrogens with zero attached hydrogens (tertiary/aromatic N) is 1. The van der Waals surface area contributed by atoms with Gasteiger partial charge in [0.05, 0.1) is 31.6 Å². The minimum atomic E-state index is -0.726. The van der Waals surface area contributed by atoms with Crippen molar-refractivity contribution in [2.24, 2.45) is 11.8 Å². The van der Waals surface area contributed by atoms with E-state index in [2.05, 4.69) is 5.32 Å². The predicted octanol–water partition coefficient (Wildman–Crippen LogP) is 2.30. The number of anilines is 1. The zero-order chi connectivity index (χ0) is 20.0. The normalized spacial score (nSPS) is 29.2. The van der Waals surface area contributed by atoms with E-state index in [1.54, 1.807) is 12.0 Å². The molecule has 5 rings (SSSR count). The van der Waals surface area contributed by atoms with Gasteiger partial charge < -0.3 is 19.7 Å². The van der Waals surface area contributed by atoms with Crippen molar-refractivity contribution in [3.63, 3.8) is 0 Å². The lowest BCUT2D eigenvalue weighted by Crippen LogP contribution is -2.43. The number of rotatable bonds is 5. The van der Waals surface area contributed by atoms with Gasteiger partial charge in [0.2, 0.25) is 11.8 Å². The molecule has 2 aromatic carbocycles. The molecule has 6 nitrogen and oxygen atoms in total. The smallest absolute Gasteiger partial charge is 0.234 e. The number of carbonyl (C=O) groups excluding carboxylic acids is 2. The van der Waals surface area contributed by atoms with Crippen LogP contribution in [-0.4, -0.2) is 37.2 Å². The van der Waals surface area contributed by atoms with Crippen molar-refractivity contribution < 1.29 is 19.1 Å². The molecule has 3 aliphatic rings. The molecule has 29 heavy (non-hydrogen) atoms. The fourth-order valence-electron chi connectivity index (χ4n) is 4.68. The molecule has 148 valence electrons. The molecule has 0 aromatic heterocycles. The van der Waals surface area contributed by atoms with Crippen LogP contribution in [0.3, 0.4) is 0 Å². The zero-order valence-electron chi connectivity index (χ0n) is 16.1. The minimum absolute atomic E-state index is 0.0677. The van der Waals surface area contributed by atoms with Crippen LogP contribution in [0.5, 0.6) is 5.75 Å². The molecule has 0 radical (unpaired) electrons. The van der Waals surface area contributed by atoms with E-state index in [0.29, 0.717) is 13.1 Å². The van der Waals surface area contributed by atoms with Gasteiger partial charge in [-0.3, -0.25) is 9.59 Å². The van der Waals surface area contributed by atoms with Crippen LogP contribution in [0, 0.1) is 11.8 Å². The fourth-order valence-corrected chi connectivity index (χ4v) is 4.68. The lowest BCUT2D eigenvalue weighted by atomic mass is 9.77. The Morgan fingerprint density at radius 2 is 1.97 bits per heavy atom. The highest BCUT2D eigenvalue weighted by Crippen LogP contribution is 2.52. The van der Waals surface area contributed by atoms with E-state index >= 15 is 0 Å². The second-order valence-corrected chi connectivity index (χ2v) is 7.73. The number of carbonyl (C=O) groups is 2. The van der Waals surface area contributed by atoms with Crippen molar-refractivity contribution in [1.29, 1.82) is 0 Å². The molecule has 3 heterocycles. The Labute approximate surface area is 169 Å². The number of fused-ring (bicyclic) bond motifs is 1. The lowest BCUT2D eigenvalue weighted by Gasteiger charge is -2.23. The van der Waals surface area contributed by atoms with Crippen molar-refractivity contribution in [3.05, 3.63) is 72.3 Å². The first-order chi connectivity index (χ1) is 14.1. The van der Waals surface area contributed by atoms with Gasteiger partial charge in [-0.25, -0.2) is 0 Å². The second-order valence-electron chi connectivity index (χ2n) is 7.73. The summed E-state index contributed by atoms with van der Waals surface area (Å²) in [5.41, 5.74) is 1.08. The largest absolute Gasteiger partial charge is 0.497 e. The summed E-state index contributed by atoms with van der Waals surface area (Å²) in [6, 6.07) is 17.1. The molecule has 1 N–H and O–H groups in total. The third kappa shape index (κ3) is 2.83. The molecule has 2 aromatic rings. The Hall–Kier alpha value is -3.12. The maximum atomic E-state index is 13.3. The molecule has 2 fully saturated rings. The number of benzene rings is 2. The number of methoxy groups -OCH3 is 1. The molecule has 1 spiro atoms. The van der Waals surface area contributed by atoms with Crippen LogP contribution in [0.25, 0.3) is 0 Å². The average molecular weight is 390 g/mol. The van der Waals surface area contributed by atoms with Gasteiger partial charge in [0, 0.05) is 12.2 Å². The van der Waals surface area contributed by atoms with Crippen LogP contribution >= 0.6 is 0 Å². The van der Waals surface area contributed by atoms with E-state index in [1.165, 1.54) is 0 Å². The van der Waals surface area contributed by atoms with Crippen LogP contribution in [0.1, 0.15) is 5.56 Å². The van der Waals surface area contributed by atoms with E-state index in [9.17, 15) is 9.59 Å². The average Bonchev–Trinajstić information content (AvgIpc) is 3.41. The highest BCUT2D eigenvalue weighted by molar-refractivity contribution is 6.03. The van der Waals surface area contributed by atoms with E-state index in [1.807, 2.05) is 66.7 Å². The van der Waals surface area contributed by atoms with Gasteiger partial charge in [0.15, 0.2) is 0 Å². The van der Waals surface area contributed by atoms with Crippen LogP contribution < -0.4 is 15.0 Å². The van der Waals surface area contributed by atoms with E-state index in [-0.39, 0.29) is 17.9 Å². The number of ether oxygens (including phenoxy) is 2. The molecular formula is C23H22N2O4. The molecule has 6 heteroatoms. The monoisotopic (exact) mass is 390 g/mol. The SMILES string of the molecule is COc1ccc(N2C[C@@]34C=C[C@@H](O3)[C@@H](C(=O)NCc3ccccc3)[C@@H]4C2=O)cc1. The summed E-state index contributed by atoms with van der Waals surface area (Å²) in [7, 11) is 1.61. The highest BCUT2D eigenvalue weighted by Gasteiger charge is 2.67. The third-order valence-electron chi connectivity index (χ3n) is 6.10. The Balaban J connectivity index is 1.37. The highest BCUT2D eigenvalue weighted by atomic mass is 16.5. The first-order valence-corrected chi connectivity index (χ1v) is 9.75. The summed E-state index contributed by atoms with van der Waals surface area (Å²) in [6.45, 7) is 0.848. The molecule has 2 bridgehead atoms. The summed E-state index contributed by atoms with van der Waals surface area (Å²) in [4.78, 5) is 28.0. The summed E-state index contributed by atoms with van der Waals surface area (Å²) in [6.07, 6.45) is 3.54. The summed E-state index contributed by atoms with van der Waals surface area (Å²) in [5, 5.41) is 2.99. The van der Waals surface area contributed by atoms with Gasteiger partial charge in [-0.05, 0) is 29.8 Å². The first-order valence-electron chi connectivity index (χ1n) is 9.75. The van der Waals surface area contributed by atoms with Gasteiger partial charge in [-0.1, -0.05) is 42.5 Å². The summed E-state index contributed by atoms with van der Waals surface area (Å²) < 4.78 is 11.4. The molecule has 0 saturated carbocycles. The van der Waals surface area contributed by atoms with E-state index in [0.717, 1.165) is 17.0 Å². The summed E-state index contributed by atoms with van der Waals surface area (Å²) in [5.74, 6) is -0.495. The lowest BCUT2D eigenvalue weighted by molar-refractivity contribution is -0.132. The predicted molar refractivity (Wildman–Crippen MR) is 107 cm³/mol. The van der Waals surface area contributed by atoms with Gasteiger partial charge in [-0.15, -0.1) is 0 Å². The number of hydrogen-bond acceptors (Lipinski definition) is 4. The quantitative estimate of drug-likeness (QED) is 0.796. The number of nitrogens with one attached hydrogen (secondary N) is 1. The molecule has 2 amide bonds. The molecule has 0 aliphatic carbocycles. The molecule has 0 unspecified atom stereocenters. The molecule has 2 saturated heterocycles. The van der Waals surface area contributed by atoms with Gasteiger partial charge in [-0.2, -0.15) is 0 Å². The minimum Gasteiger partial charge on any atom is -0.497 e. The standard InChI is InChI=1S/C23H22N2O4/c1-28-17-9-7-16(8-10-17)25-14-23-12-11-18(29-23)19(20(23)22(25)27)21(26)24-13-15-5-3-2-4-6-15/h2-12,18-20H,13-14H2,1H3,(H,24,26)/t18-,19-,20-,23-/m1/s1. The van der Waals surface area contributed by atoms with Gasteiger partial charge in [0.25, 0.3) is 0 Å². The first kappa shape index (κ1) is 17.9. The van der Waals surface area contributed by atoms with E-state index < -0.39 is 17.4 Å². The Bertz CT molecular complexity index is 972. The number of amides is 2.